The molecule has 1 amide bonds. The minimum absolute atomic E-state index is 0.0994. The van der Waals surface area contributed by atoms with Crippen LogP contribution in [0.15, 0.2) is 24.3 Å². The van der Waals surface area contributed by atoms with Crippen LogP contribution in [0.4, 0.5) is 0 Å². The number of morpholine rings is 1. The van der Waals surface area contributed by atoms with Gasteiger partial charge in [-0.05, 0) is 25.0 Å². The highest BCUT2D eigenvalue weighted by Crippen LogP contribution is 2.18. The van der Waals surface area contributed by atoms with Crippen molar-refractivity contribution in [2.24, 2.45) is 0 Å². The maximum Gasteiger partial charge on any atom is 0.275 e. The van der Waals surface area contributed by atoms with E-state index in [1.807, 2.05) is 43.1 Å². The molecule has 20 heavy (non-hydrogen) atoms. The molecule has 1 atom stereocenters. The molecule has 0 aromatic heterocycles. The first-order chi connectivity index (χ1) is 9.70. The van der Waals surface area contributed by atoms with Gasteiger partial charge in [-0.3, -0.25) is 10.2 Å². The number of rotatable bonds is 5. The Morgan fingerprint density at radius 2 is 2.10 bits per heavy atom. The second-order valence-corrected chi connectivity index (χ2v) is 4.86. The second kappa shape index (κ2) is 7.26. The van der Waals surface area contributed by atoms with Gasteiger partial charge in [0.2, 0.25) is 0 Å². The molecule has 0 spiro atoms. The lowest BCUT2D eigenvalue weighted by molar-refractivity contribution is -0.135. The van der Waals surface area contributed by atoms with Crippen molar-refractivity contribution in [3.63, 3.8) is 0 Å². The quantitative estimate of drug-likeness (QED) is 0.887. The number of para-hydroxylation sites is 1. The van der Waals surface area contributed by atoms with E-state index in [9.17, 15) is 4.79 Å². The maximum absolute atomic E-state index is 12.2. The van der Waals surface area contributed by atoms with Crippen LogP contribution in [0.1, 0.15) is 18.9 Å². The van der Waals surface area contributed by atoms with Crippen LogP contribution < -0.4 is 10.2 Å². The molecule has 5 heteroatoms. The Morgan fingerprint density at radius 1 is 1.40 bits per heavy atom. The van der Waals surface area contributed by atoms with Crippen LogP contribution >= 0.6 is 0 Å². The molecule has 0 aliphatic carbocycles. The van der Waals surface area contributed by atoms with Crippen molar-refractivity contribution < 1.29 is 14.3 Å². The van der Waals surface area contributed by atoms with Crippen molar-refractivity contribution >= 4 is 5.91 Å². The molecule has 1 N–H and O–H groups in total. The number of nitrogens with one attached hydrogen (secondary N) is 1. The van der Waals surface area contributed by atoms with Gasteiger partial charge in [0.15, 0.2) is 6.10 Å². The summed E-state index contributed by atoms with van der Waals surface area (Å²) in [6.07, 6.45) is 0.156. The number of nitrogens with zero attached hydrogens (tertiary/aromatic N) is 1. The highest BCUT2D eigenvalue weighted by Gasteiger charge is 2.22. The van der Waals surface area contributed by atoms with Gasteiger partial charge in [0.05, 0.1) is 13.2 Å². The molecule has 1 fully saturated rings. The zero-order valence-corrected chi connectivity index (χ0v) is 12.1. The summed E-state index contributed by atoms with van der Waals surface area (Å²) in [6.45, 7) is 6.65. The van der Waals surface area contributed by atoms with Gasteiger partial charge < -0.3 is 9.47 Å². The van der Waals surface area contributed by atoms with Crippen molar-refractivity contribution in [1.82, 2.24) is 10.4 Å². The standard InChI is InChI=1S/C15H22N2O3/c1-3-13(20-14-7-5-4-6-12(14)2)15(18)16-17-8-10-19-11-9-17/h4-7,13H,3,8-11H2,1-2H3,(H,16,18). The van der Waals surface area contributed by atoms with Crippen molar-refractivity contribution in [1.29, 1.82) is 0 Å². The molecule has 5 nitrogen and oxygen atoms in total. The number of carbonyl (C=O) groups excluding carboxylic acids is 1. The largest absolute Gasteiger partial charge is 0.480 e. The van der Waals surface area contributed by atoms with Crippen molar-refractivity contribution in [2.75, 3.05) is 26.3 Å². The molecule has 110 valence electrons. The SMILES string of the molecule is CCC(Oc1ccccc1C)C(=O)NN1CCOCC1. The Morgan fingerprint density at radius 3 is 2.75 bits per heavy atom. The summed E-state index contributed by atoms with van der Waals surface area (Å²) >= 11 is 0. The number of benzene rings is 1. The van der Waals surface area contributed by atoms with E-state index in [1.165, 1.54) is 0 Å². The van der Waals surface area contributed by atoms with Gasteiger partial charge in [0.25, 0.3) is 5.91 Å². The number of aryl methyl sites for hydroxylation is 1. The number of ether oxygens (including phenoxy) is 2. The molecule has 1 aliphatic rings. The van der Waals surface area contributed by atoms with E-state index >= 15 is 0 Å². The average Bonchev–Trinajstić information content (AvgIpc) is 2.47. The summed E-state index contributed by atoms with van der Waals surface area (Å²) in [5.74, 6) is 0.661. The lowest BCUT2D eigenvalue weighted by Crippen LogP contribution is -2.52. The third kappa shape index (κ3) is 3.95. The zero-order chi connectivity index (χ0) is 14.4. The number of hydrogen-bond donors (Lipinski definition) is 1. The summed E-state index contributed by atoms with van der Waals surface area (Å²) in [6, 6.07) is 7.73. The van der Waals surface area contributed by atoms with E-state index in [1.54, 1.807) is 0 Å². The van der Waals surface area contributed by atoms with Crippen LogP contribution in [-0.2, 0) is 9.53 Å². The fourth-order valence-corrected chi connectivity index (χ4v) is 2.07. The molecule has 0 saturated carbocycles. The Hall–Kier alpha value is -1.59. The summed E-state index contributed by atoms with van der Waals surface area (Å²) < 4.78 is 11.1. The molecule has 1 heterocycles. The van der Waals surface area contributed by atoms with Gasteiger partial charge >= 0.3 is 0 Å². The summed E-state index contributed by atoms with van der Waals surface area (Å²) in [4.78, 5) is 12.2. The van der Waals surface area contributed by atoms with Gasteiger partial charge in [-0.1, -0.05) is 25.1 Å². The first-order valence-corrected chi connectivity index (χ1v) is 7.06. The van der Waals surface area contributed by atoms with Crippen LogP contribution in [0.2, 0.25) is 0 Å². The Kier molecular flexibility index (Phi) is 5.38. The third-order valence-electron chi connectivity index (χ3n) is 3.31. The fraction of sp³-hybridized carbons (Fsp3) is 0.533. The topological polar surface area (TPSA) is 50.8 Å². The molecule has 0 bridgehead atoms. The molecule has 1 aliphatic heterocycles. The number of hydrogen-bond acceptors (Lipinski definition) is 4. The van der Waals surface area contributed by atoms with Gasteiger partial charge in [-0.15, -0.1) is 0 Å². The predicted molar refractivity (Wildman–Crippen MR) is 76.4 cm³/mol. The van der Waals surface area contributed by atoms with E-state index < -0.39 is 6.10 Å². The monoisotopic (exact) mass is 278 g/mol. The summed E-state index contributed by atoms with van der Waals surface area (Å²) in [5, 5.41) is 1.88. The van der Waals surface area contributed by atoms with E-state index in [4.69, 9.17) is 9.47 Å². The summed E-state index contributed by atoms with van der Waals surface area (Å²) in [5.41, 5.74) is 3.93. The Balaban J connectivity index is 1.93. The zero-order valence-electron chi connectivity index (χ0n) is 12.1. The Bertz CT molecular complexity index is 444. The van der Waals surface area contributed by atoms with Crippen LogP contribution in [0.3, 0.4) is 0 Å². The molecule has 1 unspecified atom stereocenters. The first-order valence-electron chi connectivity index (χ1n) is 7.06. The Labute approximate surface area is 119 Å². The van der Waals surface area contributed by atoms with Crippen molar-refractivity contribution in [3.05, 3.63) is 29.8 Å². The lowest BCUT2D eigenvalue weighted by atomic mass is 10.2. The number of amides is 1. The molecule has 0 radical (unpaired) electrons. The highest BCUT2D eigenvalue weighted by molar-refractivity contribution is 5.80. The van der Waals surface area contributed by atoms with E-state index in [-0.39, 0.29) is 5.91 Å². The predicted octanol–water partition coefficient (Wildman–Crippen LogP) is 1.52. The number of carbonyl (C=O) groups is 1. The smallest absolute Gasteiger partial charge is 0.275 e. The highest BCUT2D eigenvalue weighted by atomic mass is 16.5. The van der Waals surface area contributed by atoms with Crippen LogP contribution in [0.5, 0.6) is 5.75 Å². The molecule has 1 aromatic carbocycles. The van der Waals surface area contributed by atoms with E-state index in [0.29, 0.717) is 32.7 Å². The maximum atomic E-state index is 12.2. The lowest BCUT2D eigenvalue weighted by Gasteiger charge is -2.28. The average molecular weight is 278 g/mol. The van der Waals surface area contributed by atoms with Crippen LogP contribution in [0, 0.1) is 6.92 Å². The fourth-order valence-electron chi connectivity index (χ4n) is 2.07. The minimum atomic E-state index is -0.473. The van der Waals surface area contributed by atoms with Crippen LogP contribution in [-0.4, -0.2) is 43.3 Å². The normalized spacial score (nSPS) is 17.5. The van der Waals surface area contributed by atoms with Gasteiger partial charge in [0, 0.05) is 13.1 Å². The van der Waals surface area contributed by atoms with Gasteiger partial charge in [-0.2, -0.15) is 0 Å². The molecular weight excluding hydrogens is 256 g/mol. The van der Waals surface area contributed by atoms with Gasteiger partial charge in [-0.25, -0.2) is 5.01 Å². The van der Waals surface area contributed by atoms with Crippen LogP contribution in [0.25, 0.3) is 0 Å². The van der Waals surface area contributed by atoms with Crippen molar-refractivity contribution in [3.8, 4) is 5.75 Å². The van der Waals surface area contributed by atoms with E-state index in [2.05, 4.69) is 5.43 Å². The van der Waals surface area contributed by atoms with Crippen molar-refractivity contribution in [2.45, 2.75) is 26.4 Å². The minimum Gasteiger partial charge on any atom is -0.480 e. The molecule has 1 aromatic rings. The molecule has 1 saturated heterocycles. The summed E-state index contributed by atoms with van der Waals surface area (Å²) in [7, 11) is 0. The first kappa shape index (κ1) is 14.8. The molecular formula is C15H22N2O3. The van der Waals surface area contributed by atoms with Gasteiger partial charge in [0.1, 0.15) is 5.75 Å². The van der Waals surface area contributed by atoms with E-state index in [0.717, 1.165) is 11.3 Å². The number of hydrazine groups is 1. The second-order valence-electron chi connectivity index (χ2n) is 4.86. The third-order valence-corrected chi connectivity index (χ3v) is 3.31. The molecule has 2 rings (SSSR count).